The molecule has 0 spiro atoms. The summed E-state index contributed by atoms with van der Waals surface area (Å²) in [5.74, 6) is -0.992. The molecule has 4 heteroatoms. The molecule has 1 rings (SSSR count). The average molecular weight is 236 g/mol. The van der Waals surface area contributed by atoms with Crippen molar-refractivity contribution in [2.24, 2.45) is 0 Å². The first-order chi connectivity index (χ1) is 7.82. The van der Waals surface area contributed by atoms with Crippen molar-refractivity contribution in [3.63, 3.8) is 0 Å². The van der Waals surface area contributed by atoms with E-state index in [9.17, 15) is 19.8 Å². The molecule has 0 radical (unpaired) electrons. The van der Waals surface area contributed by atoms with Crippen LogP contribution in [0.3, 0.4) is 0 Å². The van der Waals surface area contributed by atoms with Crippen molar-refractivity contribution in [1.29, 1.82) is 0 Å². The van der Waals surface area contributed by atoms with E-state index in [0.717, 1.165) is 0 Å². The molecule has 0 saturated carbocycles. The molecule has 1 atom stereocenters. The maximum absolute atomic E-state index is 11.4. The summed E-state index contributed by atoms with van der Waals surface area (Å²) >= 11 is 0. The highest BCUT2D eigenvalue weighted by atomic mass is 16.3. The van der Waals surface area contributed by atoms with Crippen LogP contribution in [0.2, 0.25) is 0 Å². The summed E-state index contributed by atoms with van der Waals surface area (Å²) in [6.45, 7) is 6.20. The molecule has 1 aromatic rings. The standard InChI is InChI=1S/C13H16O4/c1-6(9(4)15)11-7(2)12(16)8(3)13(17)10(11)5-14/h5-6,16-17H,1-4H3/t6-/m0/s1. The number of hydrogen-bond acceptors (Lipinski definition) is 4. The molecule has 2 N–H and O–H groups in total. The number of aromatic hydroxyl groups is 2. The first-order valence-corrected chi connectivity index (χ1v) is 5.33. The molecule has 1 aromatic carbocycles. The van der Waals surface area contributed by atoms with Gasteiger partial charge in [0.15, 0.2) is 6.29 Å². The van der Waals surface area contributed by atoms with Crippen molar-refractivity contribution in [1.82, 2.24) is 0 Å². The number of phenolic OH excluding ortho intramolecular Hbond substituents is 2. The minimum absolute atomic E-state index is 0.0730. The van der Waals surface area contributed by atoms with Crippen molar-refractivity contribution in [2.45, 2.75) is 33.6 Å². The van der Waals surface area contributed by atoms with Crippen molar-refractivity contribution >= 4 is 12.1 Å². The Balaban J connectivity index is 3.69. The molecular weight excluding hydrogens is 220 g/mol. The molecule has 0 aliphatic rings. The van der Waals surface area contributed by atoms with Gasteiger partial charge >= 0.3 is 0 Å². The van der Waals surface area contributed by atoms with Crippen LogP contribution in [0.1, 0.15) is 46.8 Å². The maximum Gasteiger partial charge on any atom is 0.154 e. The SMILES string of the molecule is CC(=O)[C@H](C)c1c(C)c(O)c(C)c(O)c1C=O. The summed E-state index contributed by atoms with van der Waals surface area (Å²) in [5, 5.41) is 19.6. The van der Waals surface area contributed by atoms with Crippen LogP contribution in [0.4, 0.5) is 0 Å². The van der Waals surface area contributed by atoms with Gasteiger partial charge in [-0.2, -0.15) is 0 Å². The van der Waals surface area contributed by atoms with Gasteiger partial charge in [0.05, 0.1) is 5.56 Å². The minimum Gasteiger partial charge on any atom is -0.507 e. The number of Topliss-reactive ketones (excluding diaryl/α,β-unsaturated/α-hetero) is 1. The molecular formula is C13H16O4. The molecule has 0 fully saturated rings. The Labute approximate surface area is 99.9 Å². The van der Waals surface area contributed by atoms with Crippen LogP contribution in [-0.2, 0) is 4.79 Å². The molecule has 17 heavy (non-hydrogen) atoms. The van der Waals surface area contributed by atoms with Crippen molar-refractivity contribution in [3.8, 4) is 11.5 Å². The van der Waals surface area contributed by atoms with Crippen LogP contribution in [-0.4, -0.2) is 22.3 Å². The first-order valence-electron chi connectivity index (χ1n) is 5.33. The van der Waals surface area contributed by atoms with Crippen LogP contribution < -0.4 is 0 Å². The Morgan fingerprint density at radius 2 is 1.71 bits per heavy atom. The number of carbonyl (C=O) groups is 2. The number of hydrogen-bond donors (Lipinski definition) is 2. The number of benzene rings is 1. The molecule has 0 amide bonds. The van der Waals surface area contributed by atoms with Gasteiger partial charge in [-0.25, -0.2) is 0 Å². The quantitative estimate of drug-likeness (QED) is 0.789. The van der Waals surface area contributed by atoms with E-state index in [2.05, 4.69) is 0 Å². The van der Waals surface area contributed by atoms with Crippen LogP contribution in [0, 0.1) is 13.8 Å². The predicted molar refractivity (Wildman–Crippen MR) is 63.7 cm³/mol. The van der Waals surface area contributed by atoms with Gasteiger partial charge in [-0.1, -0.05) is 6.92 Å². The highest BCUT2D eigenvalue weighted by molar-refractivity contribution is 5.91. The van der Waals surface area contributed by atoms with Crippen LogP contribution >= 0.6 is 0 Å². The van der Waals surface area contributed by atoms with Gasteiger partial charge in [-0.3, -0.25) is 9.59 Å². The van der Waals surface area contributed by atoms with Gasteiger partial charge in [0, 0.05) is 11.5 Å². The second kappa shape index (κ2) is 4.57. The van der Waals surface area contributed by atoms with Crippen LogP contribution in [0.5, 0.6) is 11.5 Å². The van der Waals surface area contributed by atoms with Crippen molar-refractivity contribution in [2.75, 3.05) is 0 Å². The lowest BCUT2D eigenvalue weighted by atomic mass is 9.87. The van der Waals surface area contributed by atoms with E-state index in [1.165, 1.54) is 13.8 Å². The van der Waals surface area contributed by atoms with Gasteiger partial charge in [0.2, 0.25) is 0 Å². The first kappa shape index (κ1) is 13.2. The van der Waals surface area contributed by atoms with Gasteiger partial charge in [-0.05, 0) is 31.9 Å². The summed E-state index contributed by atoms with van der Waals surface area (Å²) in [6, 6.07) is 0. The van der Waals surface area contributed by atoms with Gasteiger partial charge < -0.3 is 10.2 Å². The molecule has 0 unspecified atom stereocenters. The van der Waals surface area contributed by atoms with E-state index < -0.39 is 5.92 Å². The van der Waals surface area contributed by atoms with E-state index in [0.29, 0.717) is 17.4 Å². The summed E-state index contributed by atoms with van der Waals surface area (Å²) in [6.07, 6.45) is 0.517. The summed E-state index contributed by atoms with van der Waals surface area (Å²) in [5.41, 5.74) is 1.20. The number of phenols is 2. The van der Waals surface area contributed by atoms with Gasteiger partial charge in [0.25, 0.3) is 0 Å². The predicted octanol–water partition coefficient (Wildman–Crippen LogP) is 2.22. The largest absolute Gasteiger partial charge is 0.507 e. The zero-order chi connectivity index (χ0) is 13.3. The summed E-state index contributed by atoms with van der Waals surface area (Å²) in [7, 11) is 0. The van der Waals surface area contributed by atoms with Gasteiger partial charge in [0.1, 0.15) is 17.3 Å². The Morgan fingerprint density at radius 1 is 1.18 bits per heavy atom. The highest BCUT2D eigenvalue weighted by Gasteiger charge is 2.24. The van der Waals surface area contributed by atoms with Crippen molar-refractivity contribution in [3.05, 3.63) is 22.3 Å². The zero-order valence-electron chi connectivity index (χ0n) is 10.4. The van der Waals surface area contributed by atoms with Gasteiger partial charge in [-0.15, -0.1) is 0 Å². The van der Waals surface area contributed by atoms with Crippen LogP contribution in [0.25, 0.3) is 0 Å². The topological polar surface area (TPSA) is 74.6 Å². The monoisotopic (exact) mass is 236 g/mol. The molecule has 92 valence electrons. The Morgan fingerprint density at radius 3 is 2.12 bits per heavy atom. The number of rotatable bonds is 3. The van der Waals surface area contributed by atoms with E-state index >= 15 is 0 Å². The lowest BCUT2D eigenvalue weighted by Crippen LogP contribution is -2.10. The number of aldehydes is 1. The molecule has 4 nitrogen and oxygen atoms in total. The zero-order valence-corrected chi connectivity index (χ0v) is 10.4. The third-order valence-electron chi connectivity index (χ3n) is 3.18. The smallest absolute Gasteiger partial charge is 0.154 e. The van der Waals surface area contributed by atoms with E-state index in [1.807, 2.05) is 0 Å². The molecule has 0 aromatic heterocycles. The number of ketones is 1. The maximum atomic E-state index is 11.4. The Hall–Kier alpha value is -1.84. The third-order valence-corrected chi connectivity index (χ3v) is 3.18. The fourth-order valence-corrected chi connectivity index (χ4v) is 1.93. The summed E-state index contributed by atoms with van der Waals surface area (Å²) < 4.78 is 0. The normalized spacial score (nSPS) is 12.2. The summed E-state index contributed by atoms with van der Waals surface area (Å²) in [4.78, 5) is 22.4. The van der Waals surface area contributed by atoms with E-state index in [-0.39, 0.29) is 28.4 Å². The third kappa shape index (κ3) is 2.02. The molecule has 0 aliphatic heterocycles. The Bertz CT molecular complexity index is 489. The minimum atomic E-state index is -0.535. The Kier molecular flexibility index (Phi) is 3.56. The highest BCUT2D eigenvalue weighted by Crippen LogP contribution is 2.39. The lowest BCUT2D eigenvalue weighted by Gasteiger charge is -2.18. The molecule has 0 heterocycles. The fraction of sp³-hybridized carbons (Fsp3) is 0.385. The van der Waals surface area contributed by atoms with E-state index in [1.54, 1.807) is 13.8 Å². The molecule has 0 saturated heterocycles. The number of carbonyl (C=O) groups excluding carboxylic acids is 2. The molecule has 0 bridgehead atoms. The second-order valence-corrected chi connectivity index (χ2v) is 4.22. The van der Waals surface area contributed by atoms with E-state index in [4.69, 9.17) is 0 Å². The molecule has 0 aliphatic carbocycles. The van der Waals surface area contributed by atoms with Crippen LogP contribution in [0.15, 0.2) is 0 Å². The van der Waals surface area contributed by atoms with Crippen molar-refractivity contribution < 1.29 is 19.8 Å². The fourth-order valence-electron chi connectivity index (χ4n) is 1.93. The second-order valence-electron chi connectivity index (χ2n) is 4.22. The lowest BCUT2D eigenvalue weighted by molar-refractivity contribution is -0.118. The average Bonchev–Trinajstić information content (AvgIpc) is 2.29.